The molecule has 230 valence electrons. The van der Waals surface area contributed by atoms with E-state index in [0.29, 0.717) is 47.8 Å². The molecule has 14 heteroatoms. The van der Waals surface area contributed by atoms with Crippen LogP contribution in [0, 0.1) is 5.82 Å². The summed E-state index contributed by atoms with van der Waals surface area (Å²) in [7, 11) is -3.59. The van der Waals surface area contributed by atoms with E-state index in [-0.39, 0.29) is 28.7 Å². The summed E-state index contributed by atoms with van der Waals surface area (Å²) in [5.74, 6) is -0.0469. The molecule has 0 spiro atoms. The molecule has 0 saturated carbocycles. The highest BCUT2D eigenvalue weighted by Gasteiger charge is 2.27. The zero-order valence-corrected chi connectivity index (χ0v) is 25.5. The third-order valence-electron chi connectivity index (χ3n) is 6.79. The summed E-state index contributed by atoms with van der Waals surface area (Å²) in [5, 5.41) is 14.4. The van der Waals surface area contributed by atoms with Crippen molar-refractivity contribution in [3.05, 3.63) is 90.0 Å². The van der Waals surface area contributed by atoms with Gasteiger partial charge in [0.1, 0.15) is 11.6 Å². The predicted molar refractivity (Wildman–Crippen MR) is 164 cm³/mol. The topological polar surface area (TPSA) is 136 Å². The van der Waals surface area contributed by atoms with Crippen LogP contribution in [0.4, 0.5) is 10.1 Å². The summed E-state index contributed by atoms with van der Waals surface area (Å²) in [5.41, 5.74) is 1.44. The monoisotopic (exact) mass is 638 g/mol. The smallest absolute Gasteiger partial charge is 0.251 e. The average molecular weight is 639 g/mol. The van der Waals surface area contributed by atoms with Gasteiger partial charge >= 0.3 is 0 Å². The second-order valence-electron chi connectivity index (χ2n) is 9.82. The maximum absolute atomic E-state index is 13.7. The summed E-state index contributed by atoms with van der Waals surface area (Å²) >= 11 is 1.14. The molecule has 44 heavy (non-hydrogen) atoms. The Labute approximate surface area is 258 Å². The molecule has 0 atom stereocenters. The van der Waals surface area contributed by atoms with E-state index >= 15 is 0 Å². The molecule has 0 unspecified atom stereocenters. The highest BCUT2D eigenvalue weighted by atomic mass is 32.2. The van der Waals surface area contributed by atoms with Gasteiger partial charge in [0.05, 0.1) is 23.8 Å². The van der Waals surface area contributed by atoms with Crippen molar-refractivity contribution in [1.82, 2.24) is 24.4 Å². The van der Waals surface area contributed by atoms with Crippen LogP contribution < -0.4 is 15.4 Å². The van der Waals surface area contributed by atoms with E-state index < -0.39 is 21.7 Å². The number of hydrogen-bond donors (Lipinski definition) is 2. The Balaban J connectivity index is 1.26. The minimum absolute atomic E-state index is 0.0194. The standard InChI is InChI=1S/C30H31FN6O5S2/c1-2-42-25-13-9-23(10-14-25)33-28(38)20-43-30-35-34-27(37(30)24-11-7-22(31)8-12-24)19-32-29(39)21-5-15-26(16-6-21)44(40,41)36-17-3-4-18-36/h5-16H,2-4,17-20H2,1H3,(H,32,39)(H,33,38). The maximum atomic E-state index is 13.7. The first-order chi connectivity index (χ1) is 21.2. The fraction of sp³-hybridized carbons (Fsp3) is 0.267. The van der Waals surface area contributed by atoms with Crippen LogP contribution in [-0.2, 0) is 21.4 Å². The summed E-state index contributed by atoms with van der Waals surface area (Å²) in [6.07, 6.45) is 1.67. The zero-order valence-electron chi connectivity index (χ0n) is 23.9. The largest absolute Gasteiger partial charge is 0.494 e. The number of rotatable bonds is 12. The second-order valence-corrected chi connectivity index (χ2v) is 12.7. The second kappa shape index (κ2) is 14.0. The van der Waals surface area contributed by atoms with Gasteiger partial charge in [0.15, 0.2) is 11.0 Å². The van der Waals surface area contributed by atoms with Crippen molar-refractivity contribution >= 4 is 39.3 Å². The van der Waals surface area contributed by atoms with Gasteiger partial charge < -0.3 is 15.4 Å². The highest BCUT2D eigenvalue weighted by molar-refractivity contribution is 7.99. The van der Waals surface area contributed by atoms with Crippen LogP contribution in [0.1, 0.15) is 35.9 Å². The molecule has 1 aromatic heterocycles. The molecular formula is C30H31FN6O5S2. The van der Waals surface area contributed by atoms with E-state index in [2.05, 4.69) is 20.8 Å². The number of thioether (sulfide) groups is 1. The van der Waals surface area contributed by atoms with Gasteiger partial charge in [-0.25, -0.2) is 12.8 Å². The average Bonchev–Trinajstić information content (AvgIpc) is 3.72. The van der Waals surface area contributed by atoms with Gasteiger partial charge in [0.2, 0.25) is 15.9 Å². The lowest BCUT2D eigenvalue weighted by Gasteiger charge is -2.15. The van der Waals surface area contributed by atoms with Crippen molar-refractivity contribution in [2.45, 2.75) is 36.4 Å². The van der Waals surface area contributed by atoms with Crippen molar-refractivity contribution in [3.63, 3.8) is 0 Å². The van der Waals surface area contributed by atoms with E-state index in [0.717, 1.165) is 24.6 Å². The Morgan fingerprint density at radius 2 is 1.64 bits per heavy atom. The van der Waals surface area contributed by atoms with Crippen molar-refractivity contribution < 1.29 is 27.1 Å². The van der Waals surface area contributed by atoms with E-state index in [9.17, 15) is 22.4 Å². The number of anilines is 1. The number of ether oxygens (including phenoxy) is 1. The number of benzene rings is 3. The molecule has 1 fully saturated rings. The molecule has 0 radical (unpaired) electrons. The number of carbonyl (C=O) groups excluding carboxylic acids is 2. The molecule has 11 nitrogen and oxygen atoms in total. The Kier molecular flexibility index (Phi) is 9.92. The Morgan fingerprint density at radius 3 is 2.30 bits per heavy atom. The third-order valence-corrected chi connectivity index (χ3v) is 9.63. The lowest BCUT2D eigenvalue weighted by Crippen LogP contribution is -2.28. The first-order valence-electron chi connectivity index (χ1n) is 14.0. The number of aromatic nitrogens is 3. The van der Waals surface area contributed by atoms with Crippen molar-refractivity contribution in [2.75, 3.05) is 30.8 Å². The Hall–Kier alpha value is -4.27. The normalized spacial score (nSPS) is 13.5. The minimum Gasteiger partial charge on any atom is -0.494 e. The van der Waals surface area contributed by atoms with E-state index in [4.69, 9.17) is 4.74 Å². The molecule has 0 aliphatic carbocycles. The van der Waals surface area contributed by atoms with Crippen molar-refractivity contribution in [3.8, 4) is 11.4 Å². The van der Waals surface area contributed by atoms with E-state index in [1.165, 1.54) is 40.7 Å². The number of nitrogens with zero attached hydrogens (tertiary/aromatic N) is 4. The van der Waals surface area contributed by atoms with Crippen LogP contribution in [0.3, 0.4) is 0 Å². The molecule has 0 bridgehead atoms. The zero-order chi connectivity index (χ0) is 31.1. The van der Waals surface area contributed by atoms with E-state index in [1.807, 2.05) is 6.92 Å². The number of nitrogens with one attached hydrogen (secondary N) is 2. The fourth-order valence-corrected chi connectivity index (χ4v) is 6.89. The first-order valence-corrected chi connectivity index (χ1v) is 16.4. The summed E-state index contributed by atoms with van der Waals surface area (Å²) < 4.78 is 47.8. The van der Waals surface area contributed by atoms with Crippen LogP contribution in [0.25, 0.3) is 5.69 Å². The van der Waals surface area contributed by atoms with Crippen molar-refractivity contribution in [2.24, 2.45) is 0 Å². The van der Waals surface area contributed by atoms with Crippen LogP contribution >= 0.6 is 11.8 Å². The van der Waals surface area contributed by atoms with Crippen molar-refractivity contribution in [1.29, 1.82) is 0 Å². The van der Waals surface area contributed by atoms with Crippen LogP contribution in [0.5, 0.6) is 5.75 Å². The van der Waals surface area contributed by atoms with Gasteiger partial charge in [-0.3, -0.25) is 14.2 Å². The molecule has 1 aliphatic heterocycles. The fourth-order valence-electron chi connectivity index (χ4n) is 4.60. The molecule has 4 aromatic rings. The predicted octanol–water partition coefficient (Wildman–Crippen LogP) is 4.25. The van der Waals surface area contributed by atoms with Gasteiger partial charge in [-0.1, -0.05) is 11.8 Å². The molecule has 2 amide bonds. The SMILES string of the molecule is CCOc1ccc(NC(=O)CSc2nnc(CNC(=O)c3ccc(S(=O)(=O)N4CCCC4)cc3)n2-c2ccc(F)cc2)cc1. The molecule has 3 aromatic carbocycles. The quantitative estimate of drug-likeness (QED) is 0.220. The minimum atomic E-state index is -3.59. The van der Waals surface area contributed by atoms with Crippen LogP contribution in [0.2, 0.25) is 0 Å². The number of hydrogen-bond acceptors (Lipinski definition) is 8. The van der Waals surface area contributed by atoms with Gasteiger partial charge in [0, 0.05) is 30.0 Å². The molecular weight excluding hydrogens is 607 g/mol. The Morgan fingerprint density at radius 1 is 0.955 bits per heavy atom. The van der Waals surface area contributed by atoms with Crippen LogP contribution in [-0.4, -0.2) is 64.8 Å². The summed E-state index contributed by atoms with van der Waals surface area (Å²) in [4.78, 5) is 25.7. The van der Waals surface area contributed by atoms with Gasteiger partial charge in [-0.05, 0) is 92.6 Å². The lowest BCUT2D eigenvalue weighted by molar-refractivity contribution is -0.113. The number of carbonyl (C=O) groups is 2. The highest BCUT2D eigenvalue weighted by Crippen LogP contribution is 2.24. The Bertz CT molecular complexity index is 1710. The first kappa shape index (κ1) is 31.2. The number of amides is 2. The van der Waals surface area contributed by atoms with Gasteiger partial charge in [-0.2, -0.15) is 4.31 Å². The van der Waals surface area contributed by atoms with Crippen LogP contribution in [0.15, 0.2) is 82.8 Å². The molecule has 5 rings (SSSR count). The molecule has 2 heterocycles. The van der Waals surface area contributed by atoms with E-state index in [1.54, 1.807) is 41.0 Å². The molecule has 1 aliphatic rings. The summed E-state index contributed by atoms with van der Waals surface area (Å²) in [6.45, 7) is 3.39. The number of halogens is 1. The maximum Gasteiger partial charge on any atom is 0.251 e. The lowest BCUT2D eigenvalue weighted by atomic mass is 10.2. The molecule has 2 N–H and O–H groups in total. The molecule has 1 saturated heterocycles. The third kappa shape index (κ3) is 7.44. The van der Waals surface area contributed by atoms with Gasteiger partial charge in [-0.15, -0.1) is 10.2 Å². The van der Waals surface area contributed by atoms with Gasteiger partial charge in [0.25, 0.3) is 5.91 Å². The number of sulfonamides is 1. The summed E-state index contributed by atoms with van der Waals surface area (Å²) in [6, 6.07) is 18.5.